The van der Waals surface area contributed by atoms with Crippen LogP contribution in [0.25, 0.3) is 21.7 Å². The zero-order chi connectivity index (χ0) is 58.2. The summed E-state index contributed by atoms with van der Waals surface area (Å²) in [6.07, 6.45) is -3.85. The van der Waals surface area contributed by atoms with Gasteiger partial charge >= 0.3 is 0 Å². The molecule has 7 aromatic rings. The number of aromatic nitrogens is 2. The average molecular weight is 1140 g/mol. The number of halogens is 1. The monoisotopic (exact) mass is 1140 g/mol. The molecule has 3 unspecified atom stereocenters. The second-order valence-electron chi connectivity index (χ2n) is 21.5. The molecule has 0 saturated carbocycles. The molecule has 10 N–H and O–H groups in total. The van der Waals surface area contributed by atoms with Crippen LogP contribution < -0.4 is 25.6 Å². The number of anilines is 3. The Kier molecular flexibility index (Phi) is 14.7. The molecule has 1 fully saturated rings. The van der Waals surface area contributed by atoms with E-state index >= 15 is 0 Å². The number of phenols is 3. The highest BCUT2D eigenvalue weighted by atomic mass is 35.5. The van der Waals surface area contributed by atoms with Gasteiger partial charge in [0.05, 0.1) is 53.5 Å². The number of aromatic amines is 1. The fourth-order valence-corrected chi connectivity index (χ4v) is 12.4. The van der Waals surface area contributed by atoms with Crippen molar-refractivity contribution in [2.45, 2.75) is 88.1 Å². The number of nitrogens with one attached hydrogen (secondary N) is 4. The molecule has 21 nitrogen and oxygen atoms in total. The summed E-state index contributed by atoms with van der Waals surface area (Å²) in [6, 6.07) is 19.5. The van der Waals surface area contributed by atoms with Crippen LogP contribution in [0, 0.1) is 6.92 Å². The molecule has 2 aliphatic heterocycles. The number of H-pyrrole nitrogens is 1. The SMILES string of the molecule is COc1cccc2c1C(=O)c1c(O)c3c(c(O)c1C2=O)CC(O)(C(=O)CO)C[C@H]3OC1C[C@H](NCCCC(=O)Nc2cc(C(=O)Nc3ccc4[nH]c(C(=O)N5CC(CCl)c6c5cc(O)c5ccc(C)cc65)cc4c3)n(C)c2)[C@H](O)[C@H](C)O1. The maximum Gasteiger partial charge on any atom is 0.274 e. The average Bonchev–Trinajstić information content (AvgIpc) is 1.90. The molecule has 1 saturated heterocycles. The van der Waals surface area contributed by atoms with Crippen molar-refractivity contribution in [3.63, 3.8) is 0 Å². The predicted molar refractivity (Wildman–Crippen MR) is 301 cm³/mol. The molecule has 0 radical (unpaired) electrons. The summed E-state index contributed by atoms with van der Waals surface area (Å²) in [5, 5.41) is 78.5. The molecule has 22 heteroatoms. The van der Waals surface area contributed by atoms with E-state index < -0.39 is 102 Å². The van der Waals surface area contributed by atoms with Crippen LogP contribution in [0.4, 0.5) is 17.1 Å². The third kappa shape index (κ3) is 9.70. The Balaban J connectivity index is 0.711. The third-order valence-electron chi connectivity index (χ3n) is 16.2. The number of hydrogen-bond donors (Lipinski definition) is 10. The number of fused-ring (bicyclic) bond motifs is 7. The number of aromatic hydroxyl groups is 3. The zero-order valence-corrected chi connectivity index (χ0v) is 45.7. The Hall–Kier alpha value is -8.15. The molecule has 4 aliphatic rings. The minimum absolute atomic E-state index is 0.0291. The molecule has 2 aliphatic carbocycles. The highest BCUT2D eigenvalue weighted by molar-refractivity contribution is 6.31. The van der Waals surface area contributed by atoms with Gasteiger partial charge in [-0.25, -0.2) is 0 Å². The van der Waals surface area contributed by atoms with E-state index in [4.69, 9.17) is 25.8 Å². The maximum absolute atomic E-state index is 14.1. The standard InChI is InChI=1S/C60H59ClN6O15/c1-27-10-12-33-35(15-27)48-30(23-61)24-67(40(48)20-42(33)69)59(78)39-17-29-16-31(11-13-37(29)65-39)64-58(77)41-18-32(25-66(41)3)63-46(71)9-6-14-62-38-19-47(81-28(2)53(38)72)82-44-22-60(79,45(70)26-68)21-36-50(44)57(76)52-51(55(36)74)54(73)34-7-5-8-43(80-4)49(34)56(52)75/h5,7-8,10-13,15-18,20,25,28,30,38,44,47,53,62,65,68-69,72,74,76,79H,6,9,14,19,21-24,26H2,1-4H3,(H,63,71)(H,64,77)/t28-,30?,38-,44+,47?,53+,60?/m0/s1. The number of benzene rings is 5. The van der Waals surface area contributed by atoms with Crippen LogP contribution in [-0.2, 0) is 32.5 Å². The molecule has 4 heterocycles. The number of aryl methyl sites for hydroxylation is 2. The van der Waals surface area contributed by atoms with Crippen molar-refractivity contribution in [2.24, 2.45) is 7.05 Å². The van der Waals surface area contributed by atoms with Gasteiger partial charge in [0, 0.05) is 108 Å². The molecule has 426 valence electrons. The molecule has 5 aromatic carbocycles. The van der Waals surface area contributed by atoms with Gasteiger partial charge in [-0.15, -0.1) is 11.6 Å². The lowest BCUT2D eigenvalue weighted by Gasteiger charge is -2.43. The highest BCUT2D eigenvalue weighted by Gasteiger charge is 2.50. The lowest BCUT2D eigenvalue weighted by atomic mass is 9.72. The number of aliphatic hydroxyl groups excluding tert-OH is 2. The Bertz CT molecular complexity index is 3840. The zero-order valence-electron chi connectivity index (χ0n) is 45.0. The summed E-state index contributed by atoms with van der Waals surface area (Å²) in [7, 11) is 2.97. The van der Waals surface area contributed by atoms with Crippen molar-refractivity contribution in [1.29, 1.82) is 0 Å². The number of hydrogen-bond acceptors (Lipinski definition) is 16. The van der Waals surface area contributed by atoms with Crippen LogP contribution >= 0.6 is 11.6 Å². The van der Waals surface area contributed by atoms with E-state index in [-0.39, 0.29) is 82.4 Å². The normalized spacial score (nSPS) is 21.9. The summed E-state index contributed by atoms with van der Waals surface area (Å²) in [5.41, 5.74) is 0.550. The van der Waals surface area contributed by atoms with Crippen molar-refractivity contribution in [1.82, 2.24) is 14.9 Å². The number of ketones is 3. The fraction of sp³-hybridized carbons (Fsp3) is 0.333. The topological polar surface area (TPSA) is 312 Å². The van der Waals surface area contributed by atoms with E-state index in [0.29, 0.717) is 52.0 Å². The van der Waals surface area contributed by atoms with Crippen LogP contribution in [-0.4, -0.2) is 138 Å². The lowest BCUT2D eigenvalue weighted by Crippen LogP contribution is -2.54. The highest BCUT2D eigenvalue weighted by Crippen LogP contribution is 2.53. The number of phenolic OH excluding ortho intramolecular Hbond substituents is 3. The van der Waals surface area contributed by atoms with Crippen LogP contribution in [0.15, 0.2) is 79.0 Å². The van der Waals surface area contributed by atoms with Gasteiger partial charge in [0.15, 0.2) is 17.9 Å². The van der Waals surface area contributed by atoms with Gasteiger partial charge in [-0.1, -0.05) is 35.9 Å². The van der Waals surface area contributed by atoms with Gasteiger partial charge in [-0.3, -0.25) is 28.8 Å². The van der Waals surface area contributed by atoms with Crippen molar-refractivity contribution < 1.29 is 73.6 Å². The van der Waals surface area contributed by atoms with E-state index in [1.807, 2.05) is 25.1 Å². The van der Waals surface area contributed by atoms with Gasteiger partial charge < -0.3 is 75.3 Å². The summed E-state index contributed by atoms with van der Waals surface area (Å²) < 4.78 is 19.3. The lowest BCUT2D eigenvalue weighted by molar-refractivity contribution is -0.249. The Morgan fingerprint density at radius 1 is 0.915 bits per heavy atom. The second kappa shape index (κ2) is 21.6. The second-order valence-corrected chi connectivity index (χ2v) is 21.8. The van der Waals surface area contributed by atoms with Crippen molar-refractivity contribution in [3.05, 3.63) is 135 Å². The molecule has 2 aromatic heterocycles. The fourth-order valence-electron chi connectivity index (χ4n) is 12.1. The minimum atomic E-state index is -2.35. The number of methoxy groups -OCH3 is 1. The first-order valence-corrected chi connectivity index (χ1v) is 27.3. The van der Waals surface area contributed by atoms with Crippen molar-refractivity contribution in [2.75, 3.05) is 48.2 Å². The Morgan fingerprint density at radius 3 is 2.45 bits per heavy atom. The van der Waals surface area contributed by atoms with Gasteiger partial charge in [0.2, 0.25) is 11.7 Å². The molecule has 11 rings (SSSR count). The molecular formula is C60H59ClN6O15. The Labute approximate surface area is 473 Å². The van der Waals surface area contributed by atoms with Crippen LogP contribution in [0.2, 0.25) is 0 Å². The van der Waals surface area contributed by atoms with Crippen LogP contribution in [0.3, 0.4) is 0 Å². The van der Waals surface area contributed by atoms with Crippen molar-refractivity contribution in [3.8, 4) is 23.0 Å². The van der Waals surface area contributed by atoms with E-state index in [9.17, 15) is 59.4 Å². The first-order chi connectivity index (χ1) is 39.2. The first-order valence-electron chi connectivity index (χ1n) is 26.7. The smallest absolute Gasteiger partial charge is 0.274 e. The van der Waals surface area contributed by atoms with E-state index in [1.165, 1.54) is 31.4 Å². The number of aliphatic hydroxyl groups is 3. The third-order valence-corrected chi connectivity index (χ3v) is 16.6. The van der Waals surface area contributed by atoms with Gasteiger partial charge in [-0.05, 0) is 74.2 Å². The Morgan fingerprint density at radius 2 is 1.70 bits per heavy atom. The first kappa shape index (κ1) is 55.7. The summed E-state index contributed by atoms with van der Waals surface area (Å²) in [5.74, 6) is -4.97. The molecule has 0 bridgehead atoms. The van der Waals surface area contributed by atoms with E-state index in [1.54, 1.807) is 60.0 Å². The summed E-state index contributed by atoms with van der Waals surface area (Å²) in [4.78, 5) is 86.9. The van der Waals surface area contributed by atoms with Crippen LogP contribution in [0.5, 0.6) is 23.0 Å². The largest absolute Gasteiger partial charge is 0.507 e. The van der Waals surface area contributed by atoms with Crippen LogP contribution in [0.1, 0.15) is 120 Å². The molecule has 0 spiro atoms. The predicted octanol–water partition coefficient (Wildman–Crippen LogP) is 6.27. The number of rotatable bonds is 15. The molecule has 3 amide bonds. The quantitative estimate of drug-likeness (QED) is 0.0307. The molecule has 7 atom stereocenters. The van der Waals surface area contributed by atoms with Gasteiger partial charge in [0.25, 0.3) is 11.8 Å². The number of ether oxygens (including phenoxy) is 3. The van der Waals surface area contributed by atoms with Crippen molar-refractivity contribution >= 4 is 85.4 Å². The molecular weight excluding hydrogens is 1080 g/mol. The number of nitrogens with zero attached hydrogens (tertiary/aromatic N) is 2. The summed E-state index contributed by atoms with van der Waals surface area (Å²) in [6.45, 7) is 3.05. The molecule has 82 heavy (non-hydrogen) atoms. The number of carbonyl (C=O) groups is 6. The minimum Gasteiger partial charge on any atom is -0.507 e. The number of alkyl halides is 1. The number of carbonyl (C=O) groups excluding carboxylic acids is 6. The van der Waals surface area contributed by atoms with Gasteiger partial charge in [0.1, 0.15) is 46.6 Å². The van der Waals surface area contributed by atoms with E-state index in [2.05, 4.69) is 20.9 Å². The van der Waals surface area contributed by atoms with E-state index in [0.717, 1.165) is 16.5 Å². The number of amides is 3. The van der Waals surface area contributed by atoms with Gasteiger partial charge in [-0.2, -0.15) is 0 Å². The maximum atomic E-state index is 14.1. The number of Topliss-reactive ketones (excluding diaryl/α,β-unsaturated/α-hetero) is 1. The summed E-state index contributed by atoms with van der Waals surface area (Å²) >= 11 is 6.45.